The number of rotatable bonds is 3. The highest BCUT2D eigenvalue weighted by Crippen LogP contribution is 2.22. The molecule has 1 atom stereocenters. The van der Waals surface area contributed by atoms with Crippen molar-refractivity contribution in [2.45, 2.75) is 25.4 Å². The summed E-state index contributed by atoms with van der Waals surface area (Å²) >= 11 is 0. The molecular weight excluding hydrogens is 318 g/mol. The average Bonchev–Trinajstić information content (AvgIpc) is 2.75. The number of hydrogen-bond donors (Lipinski definition) is 1. The first-order chi connectivity index (χ1) is 10.8. The fraction of sp³-hybridized carbons (Fsp3) is 0.400. The quantitative estimate of drug-likeness (QED) is 0.857. The molecule has 122 valence electrons. The first-order valence-corrected chi connectivity index (χ1v) is 9.06. The molecule has 1 saturated heterocycles. The summed E-state index contributed by atoms with van der Waals surface area (Å²) in [4.78, 5) is 28.7. The van der Waals surface area contributed by atoms with Crippen LogP contribution in [-0.2, 0) is 21.2 Å². The third-order valence-electron chi connectivity index (χ3n) is 3.99. The Morgan fingerprint density at radius 2 is 2.13 bits per heavy atom. The van der Waals surface area contributed by atoms with Gasteiger partial charge in [-0.3, -0.25) is 14.2 Å². The topological polar surface area (TPSA) is 98.1 Å². The van der Waals surface area contributed by atoms with Gasteiger partial charge in [-0.2, -0.15) is 0 Å². The van der Waals surface area contributed by atoms with Crippen molar-refractivity contribution in [1.82, 2.24) is 14.9 Å². The van der Waals surface area contributed by atoms with Crippen LogP contribution in [0.15, 0.2) is 35.4 Å². The summed E-state index contributed by atoms with van der Waals surface area (Å²) in [5.74, 6) is -0.401. The maximum atomic E-state index is 12.3. The number of nitrogens with one attached hydrogen (secondary N) is 1. The standard InChI is InChI=1S/C15H17N3O4S/c1-15(6-7-23(21,22)9-15)17-13(19)8-18-10-16-12-5-3-2-4-11(12)14(18)20/h2-5,10H,6-9H2,1H3,(H,17,19)/t15-/m1/s1. The van der Waals surface area contributed by atoms with Gasteiger partial charge < -0.3 is 5.32 Å². The van der Waals surface area contributed by atoms with Gasteiger partial charge in [0.1, 0.15) is 6.54 Å². The molecule has 1 aromatic heterocycles. The number of carbonyl (C=O) groups excluding carboxylic acids is 1. The van der Waals surface area contributed by atoms with Crippen LogP contribution in [0.5, 0.6) is 0 Å². The minimum atomic E-state index is -3.10. The van der Waals surface area contributed by atoms with E-state index in [1.54, 1.807) is 31.2 Å². The third kappa shape index (κ3) is 3.26. The van der Waals surface area contributed by atoms with Crippen molar-refractivity contribution >= 4 is 26.6 Å². The molecule has 3 rings (SSSR count). The normalized spacial score (nSPS) is 23.0. The molecule has 1 aliphatic rings. The maximum Gasteiger partial charge on any atom is 0.261 e. The summed E-state index contributed by atoms with van der Waals surface area (Å²) < 4.78 is 24.4. The van der Waals surface area contributed by atoms with Gasteiger partial charge in [0.2, 0.25) is 5.91 Å². The molecule has 1 N–H and O–H groups in total. The molecule has 2 aromatic rings. The van der Waals surface area contributed by atoms with E-state index in [0.717, 1.165) is 0 Å². The van der Waals surface area contributed by atoms with Crippen LogP contribution in [0.1, 0.15) is 13.3 Å². The predicted octanol–water partition coefficient (Wildman–Crippen LogP) is 0.0899. The summed E-state index contributed by atoms with van der Waals surface area (Å²) in [5, 5.41) is 3.17. The highest BCUT2D eigenvalue weighted by molar-refractivity contribution is 7.91. The van der Waals surface area contributed by atoms with Crippen LogP contribution in [0.25, 0.3) is 10.9 Å². The van der Waals surface area contributed by atoms with E-state index < -0.39 is 21.3 Å². The first-order valence-electron chi connectivity index (χ1n) is 7.24. The lowest BCUT2D eigenvalue weighted by Gasteiger charge is -2.24. The maximum absolute atomic E-state index is 12.3. The summed E-state index contributed by atoms with van der Waals surface area (Å²) in [7, 11) is -3.10. The number of carbonyl (C=O) groups is 1. The van der Waals surface area contributed by atoms with E-state index in [2.05, 4.69) is 10.3 Å². The van der Waals surface area contributed by atoms with Crippen molar-refractivity contribution in [3.8, 4) is 0 Å². The molecule has 0 radical (unpaired) electrons. The van der Waals surface area contributed by atoms with Gasteiger partial charge in [-0.25, -0.2) is 13.4 Å². The van der Waals surface area contributed by atoms with Crippen LogP contribution < -0.4 is 10.9 Å². The second-order valence-corrected chi connectivity index (χ2v) is 8.33. The number of sulfone groups is 1. The highest BCUT2D eigenvalue weighted by atomic mass is 32.2. The molecule has 2 heterocycles. The van der Waals surface area contributed by atoms with Gasteiger partial charge in [-0.15, -0.1) is 0 Å². The number of para-hydroxylation sites is 1. The van der Waals surface area contributed by atoms with Crippen LogP contribution in [0.2, 0.25) is 0 Å². The van der Waals surface area contributed by atoms with Crippen LogP contribution in [0.4, 0.5) is 0 Å². The Bertz CT molecular complexity index is 935. The number of amides is 1. The highest BCUT2D eigenvalue weighted by Gasteiger charge is 2.39. The predicted molar refractivity (Wildman–Crippen MR) is 85.8 cm³/mol. The van der Waals surface area contributed by atoms with Gasteiger partial charge in [0.05, 0.1) is 34.3 Å². The van der Waals surface area contributed by atoms with E-state index in [1.165, 1.54) is 10.9 Å². The van der Waals surface area contributed by atoms with E-state index in [0.29, 0.717) is 17.3 Å². The Labute approximate surface area is 133 Å². The summed E-state index contributed by atoms with van der Waals surface area (Å²) in [6.45, 7) is 1.52. The zero-order chi connectivity index (χ0) is 16.7. The molecule has 1 fully saturated rings. The van der Waals surface area contributed by atoms with Crippen LogP contribution in [0.3, 0.4) is 0 Å². The Kier molecular flexibility index (Phi) is 3.71. The minimum Gasteiger partial charge on any atom is -0.348 e. The smallest absolute Gasteiger partial charge is 0.261 e. The van der Waals surface area contributed by atoms with Crippen LogP contribution >= 0.6 is 0 Å². The number of benzene rings is 1. The third-order valence-corrected chi connectivity index (χ3v) is 5.89. The second-order valence-electron chi connectivity index (χ2n) is 6.15. The largest absolute Gasteiger partial charge is 0.348 e. The van der Waals surface area contributed by atoms with Gasteiger partial charge in [0.25, 0.3) is 5.56 Å². The minimum absolute atomic E-state index is 0.0707. The lowest BCUT2D eigenvalue weighted by atomic mass is 10.0. The molecule has 1 aromatic carbocycles. The lowest BCUT2D eigenvalue weighted by molar-refractivity contribution is -0.123. The van der Waals surface area contributed by atoms with E-state index in [-0.39, 0.29) is 23.6 Å². The average molecular weight is 335 g/mol. The second kappa shape index (κ2) is 5.45. The molecule has 23 heavy (non-hydrogen) atoms. The van der Waals surface area contributed by atoms with Gasteiger partial charge >= 0.3 is 0 Å². The van der Waals surface area contributed by atoms with Crippen molar-refractivity contribution in [3.63, 3.8) is 0 Å². The molecule has 1 aliphatic heterocycles. The summed E-state index contributed by atoms with van der Waals surface area (Å²) in [6, 6.07) is 6.91. The molecule has 0 saturated carbocycles. The van der Waals surface area contributed by atoms with Crippen LogP contribution in [0, 0.1) is 0 Å². The van der Waals surface area contributed by atoms with Crippen molar-refractivity contribution in [2.24, 2.45) is 0 Å². The van der Waals surface area contributed by atoms with Crippen molar-refractivity contribution in [3.05, 3.63) is 40.9 Å². The van der Waals surface area contributed by atoms with Gasteiger partial charge in [-0.1, -0.05) is 12.1 Å². The molecule has 0 unspecified atom stereocenters. The lowest BCUT2D eigenvalue weighted by Crippen LogP contribution is -2.48. The molecule has 0 bridgehead atoms. The van der Waals surface area contributed by atoms with E-state index in [1.807, 2.05) is 0 Å². The molecule has 7 nitrogen and oxygen atoms in total. The summed E-state index contributed by atoms with van der Waals surface area (Å²) in [6.07, 6.45) is 1.71. The fourth-order valence-electron chi connectivity index (χ4n) is 2.86. The van der Waals surface area contributed by atoms with Gasteiger partial charge in [0, 0.05) is 0 Å². The van der Waals surface area contributed by atoms with E-state index in [4.69, 9.17) is 0 Å². The van der Waals surface area contributed by atoms with Crippen LogP contribution in [-0.4, -0.2) is 40.9 Å². The van der Waals surface area contributed by atoms with Crippen molar-refractivity contribution in [1.29, 1.82) is 0 Å². The Hall–Kier alpha value is -2.22. The Morgan fingerprint density at radius 3 is 2.83 bits per heavy atom. The van der Waals surface area contributed by atoms with Crippen molar-refractivity contribution < 1.29 is 13.2 Å². The number of nitrogens with zero attached hydrogens (tertiary/aromatic N) is 2. The molecule has 0 aliphatic carbocycles. The van der Waals surface area contributed by atoms with E-state index in [9.17, 15) is 18.0 Å². The fourth-order valence-corrected chi connectivity index (χ4v) is 4.95. The zero-order valence-electron chi connectivity index (χ0n) is 12.7. The van der Waals surface area contributed by atoms with Gasteiger partial charge in [0.15, 0.2) is 9.84 Å². The monoisotopic (exact) mass is 335 g/mol. The molecule has 8 heteroatoms. The molecular formula is C15H17N3O4S. The van der Waals surface area contributed by atoms with E-state index >= 15 is 0 Å². The number of fused-ring (bicyclic) bond motifs is 1. The van der Waals surface area contributed by atoms with Gasteiger partial charge in [-0.05, 0) is 25.5 Å². The SMILES string of the molecule is C[C@@]1(NC(=O)Cn2cnc3ccccc3c2=O)CCS(=O)(=O)C1. The zero-order valence-corrected chi connectivity index (χ0v) is 13.5. The van der Waals surface area contributed by atoms with Crippen molar-refractivity contribution in [2.75, 3.05) is 11.5 Å². The molecule has 0 spiro atoms. The number of aromatic nitrogens is 2. The molecule has 1 amide bonds. The number of hydrogen-bond acceptors (Lipinski definition) is 5. The first kappa shape index (κ1) is 15.7. The Balaban J connectivity index is 1.79. The Morgan fingerprint density at radius 1 is 1.39 bits per heavy atom. The summed E-state index contributed by atoms with van der Waals surface area (Å²) in [5.41, 5.74) is -0.498.